The van der Waals surface area contributed by atoms with Gasteiger partial charge in [-0.05, 0) is 18.8 Å². The third kappa shape index (κ3) is 2.07. The first-order chi connectivity index (χ1) is 6.83. The Hall–Kier alpha value is -0.610. The van der Waals surface area contributed by atoms with Crippen molar-refractivity contribution < 1.29 is 9.47 Å². The van der Waals surface area contributed by atoms with Crippen molar-refractivity contribution in [2.45, 2.75) is 18.9 Å². The summed E-state index contributed by atoms with van der Waals surface area (Å²) in [7, 11) is 1.71. The van der Waals surface area contributed by atoms with Crippen LogP contribution in [-0.4, -0.2) is 50.3 Å². The molecule has 0 aromatic heterocycles. The number of hydrogen-bond donors (Lipinski definition) is 1. The van der Waals surface area contributed by atoms with Gasteiger partial charge in [-0.3, -0.25) is 5.41 Å². The van der Waals surface area contributed by atoms with E-state index in [9.17, 15) is 0 Å². The van der Waals surface area contributed by atoms with E-state index < -0.39 is 0 Å². The van der Waals surface area contributed by atoms with E-state index in [2.05, 4.69) is 4.90 Å². The van der Waals surface area contributed by atoms with Gasteiger partial charge in [0.1, 0.15) is 11.9 Å². The predicted octanol–water partition coefficient (Wildman–Crippen LogP) is 0.721. The zero-order valence-electron chi connectivity index (χ0n) is 8.66. The smallest absolute Gasteiger partial charge is 0.126 e. The Bertz CT molecular complexity index is 210. The van der Waals surface area contributed by atoms with Crippen LogP contribution in [0.15, 0.2) is 0 Å². The van der Waals surface area contributed by atoms with Crippen LogP contribution in [0.2, 0.25) is 0 Å². The molecular formula is C10H18N2O2. The molecule has 1 saturated carbocycles. The van der Waals surface area contributed by atoms with Crippen molar-refractivity contribution in [2.75, 3.05) is 33.4 Å². The van der Waals surface area contributed by atoms with E-state index in [0.29, 0.717) is 11.8 Å². The van der Waals surface area contributed by atoms with Crippen LogP contribution < -0.4 is 0 Å². The van der Waals surface area contributed by atoms with Crippen LogP contribution in [0.1, 0.15) is 12.8 Å². The number of rotatable bonds is 3. The number of methoxy groups -OCH3 is 1. The first-order valence-electron chi connectivity index (χ1n) is 5.27. The summed E-state index contributed by atoms with van der Waals surface area (Å²) in [5.74, 6) is 1.24. The second-order valence-electron chi connectivity index (χ2n) is 3.98. The average Bonchev–Trinajstić information content (AvgIpc) is 3.04. The van der Waals surface area contributed by atoms with E-state index >= 15 is 0 Å². The molecule has 1 unspecified atom stereocenters. The molecule has 1 aliphatic carbocycles. The molecular weight excluding hydrogens is 180 g/mol. The molecule has 0 bridgehead atoms. The lowest BCUT2D eigenvalue weighted by Gasteiger charge is -2.32. The normalized spacial score (nSPS) is 24.8. The van der Waals surface area contributed by atoms with Gasteiger partial charge < -0.3 is 14.4 Å². The third-order valence-corrected chi connectivity index (χ3v) is 2.93. The van der Waals surface area contributed by atoms with E-state index in [1.165, 1.54) is 12.8 Å². The Labute approximate surface area is 84.7 Å². The van der Waals surface area contributed by atoms with Crippen molar-refractivity contribution in [2.24, 2.45) is 5.92 Å². The predicted molar refractivity (Wildman–Crippen MR) is 53.6 cm³/mol. The highest BCUT2D eigenvalue weighted by Crippen LogP contribution is 2.35. The van der Waals surface area contributed by atoms with Crippen LogP contribution in [0.4, 0.5) is 0 Å². The lowest BCUT2D eigenvalue weighted by atomic mass is 10.2. The monoisotopic (exact) mass is 198 g/mol. The van der Waals surface area contributed by atoms with Crippen molar-refractivity contribution in [1.82, 2.24) is 4.90 Å². The van der Waals surface area contributed by atoms with Crippen molar-refractivity contribution in [3.8, 4) is 0 Å². The molecule has 0 amide bonds. The van der Waals surface area contributed by atoms with Gasteiger partial charge in [-0.1, -0.05) is 0 Å². The van der Waals surface area contributed by atoms with Gasteiger partial charge >= 0.3 is 0 Å². The molecule has 1 N–H and O–H groups in total. The third-order valence-electron chi connectivity index (χ3n) is 2.93. The molecule has 14 heavy (non-hydrogen) atoms. The van der Waals surface area contributed by atoms with Crippen LogP contribution in [0.25, 0.3) is 0 Å². The summed E-state index contributed by atoms with van der Waals surface area (Å²) in [6.07, 6.45) is 2.45. The molecule has 0 radical (unpaired) electrons. The highest BCUT2D eigenvalue weighted by Gasteiger charge is 2.36. The molecule has 0 spiro atoms. The number of morpholine rings is 1. The van der Waals surface area contributed by atoms with E-state index in [4.69, 9.17) is 14.9 Å². The molecule has 1 aliphatic heterocycles. The maximum absolute atomic E-state index is 8.06. The van der Waals surface area contributed by atoms with Gasteiger partial charge in [0.2, 0.25) is 0 Å². The standard InChI is InChI=1S/C10H18N2O2/c1-13-9(8-2-3-8)10(11)12-4-6-14-7-5-12/h8-9,11H,2-7H2,1H3. The number of nitrogens with one attached hydrogen (secondary N) is 1. The van der Waals surface area contributed by atoms with Crippen molar-refractivity contribution in [3.05, 3.63) is 0 Å². The van der Waals surface area contributed by atoms with Crippen LogP contribution in [0.5, 0.6) is 0 Å². The molecule has 2 rings (SSSR count). The van der Waals surface area contributed by atoms with E-state index in [1.807, 2.05) is 0 Å². The number of ether oxygens (including phenoxy) is 2. The Morgan fingerprint density at radius 3 is 2.57 bits per heavy atom. The number of hydrogen-bond acceptors (Lipinski definition) is 3. The zero-order chi connectivity index (χ0) is 9.97. The van der Waals surface area contributed by atoms with E-state index in [0.717, 1.165) is 26.3 Å². The SMILES string of the molecule is COC(C(=N)N1CCOCC1)C1CC1. The molecule has 4 nitrogen and oxygen atoms in total. The molecule has 0 aromatic carbocycles. The first-order valence-corrected chi connectivity index (χ1v) is 5.27. The number of nitrogens with zero attached hydrogens (tertiary/aromatic N) is 1. The quantitative estimate of drug-likeness (QED) is 0.537. The summed E-state index contributed by atoms with van der Waals surface area (Å²) < 4.78 is 10.6. The summed E-state index contributed by atoms with van der Waals surface area (Å²) in [6.45, 7) is 3.16. The summed E-state index contributed by atoms with van der Waals surface area (Å²) in [5, 5.41) is 8.06. The summed E-state index contributed by atoms with van der Waals surface area (Å²) in [4.78, 5) is 2.08. The lowest BCUT2D eigenvalue weighted by molar-refractivity contribution is 0.0555. The second-order valence-corrected chi connectivity index (χ2v) is 3.98. The van der Waals surface area contributed by atoms with E-state index in [1.54, 1.807) is 7.11 Å². The topological polar surface area (TPSA) is 45.5 Å². The van der Waals surface area contributed by atoms with Gasteiger partial charge in [-0.2, -0.15) is 0 Å². The Morgan fingerprint density at radius 2 is 2.07 bits per heavy atom. The maximum Gasteiger partial charge on any atom is 0.126 e. The lowest BCUT2D eigenvalue weighted by Crippen LogP contribution is -2.46. The van der Waals surface area contributed by atoms with Crippen molar-refractivity contribution in [3.63, 3.8) is 0 Å². The molecule has 1 heterocycles. The highest BCUT2D eigenvalue weighted by molar-refractivity contribution is 5.84. The Kier molecular flexibility index (Phi) is 3.03. The minimum absolute atomic E-state index is 0.0214. The van der Waals surface area contributed by atoms with Crippen molar-refractivity contribution >= 4 is 5.84 Å². The average molecular weight is 198 g/mol. The molecule has 4 heteroatoms. The molecule has 0 aromatic rings. The summed E-state index contributed by atoms with van der Waals surface area (Å²) >= 11 is 0. The van der Waals surface area contributed by atoms with E-state index in [-0.39, 0.29) is 6.10 Å². The summed E-state index contributed by atoms with van der Waals surface area (Å²) in [5.41, 5.74) is 0. The fourth-order valence-electron chi connectivity index (χ4n) is 1.91. The Balaban J connectivity index is 1.90. The van der Waals surface area contributed by atoms with Crippen LogP contribution in [0.3, 0.4) is 0 Å². The van der Waals surface area contributed by atoms with Crippen LogP contribution in [-0.2, 0) is 9.47 Å². The van der Waals surface area contributed by atoms with Gasteiger partial charge in [0, 0.05) is 20.2 Å². The van der Waals surface area contributed by atoms with Gasteiger partial charge in [0.15, 0.2) is 0 Å². The molecule has 1 saturated heterocycles. The minimum Gasteiger partial charge on any atom is -0.378 e. The second kappa shape index (κ2) is 4.28. The zero-order valence-corrected chi connectivity index (χ0v) is 8.66. The fourth-order valence-corrected chi connectivity index (χ4v) is 1.91. The van der Waals surface area contributed by atoms with Crippen molar-refractivity contribution in [1.29, 1.82) is 5.41 Å². The molecule has 2 fully saturated rings. The molecule has 2 aliphatic rings. The summed E-state index contributed by atoms with van der Waals surface area (Å²) in [6, 6.07) is 0. The van der Waals surface area contributed by atoms with Crippen LogP contribution in [0, 0.1) is 11.3 Å². The number of amidine groups is 1. The van der Waals surface area contributed by atoms with Gasteiger partial charge in [0.25, 0.3) is 0 Å². The highest BCUT2D eigenvalue weighted by atomic mass is 16.5. The Morgan fingerprint density at radius 1 is 1.43 bits per heavy atom. The largest absolute Gasteiger partial charge is 0.378 e. The van der Waals surface area contributed by atoms with Gasteiger partial charge in [0.05, 0.1) is 13.2 Å². The molecule has 1 atom stereocenters. The van der Waals surface area contributed by atoms with Gasteiger partial charge in [-0.25, -0.2) is 0 Å². The fraction of sp³-hybridized carbons (Fsp3) is 0.900. The minimum atomic E-state index is 0.0214. The van der Waals surface area contributed by atoms with Crippen LogP contribution >= 0.6 is 0 Å². The molecule has 80 valence electrons. The first kappa shape index (κ1) is 9.93. The maximum atomic E-state index is 8.06. The van der Waals surface area contributed by atoms with Gasteiger partial charge in [-0.15, -0.1) is 0 Å².